The highest BCUT2D eigenvalue weighted by atomic mass is 16.3. The van der Waals surface area contributed by atoms with Crippen LogP contribution in [0.2, 0.25) is 0 Å². The fraction of sp³-hybridized carbons (Fsp3) is 0.667. The molecule has 0 unspecified atom stereocenters. The van der Waals surface area contributed by atoms with Crippen LogP contribution in [0.5, 0.6) is 0 Å². The van der Waals surface area contributed by atoms with Crippen LogP contribution < -0.4 is 0 Å². The summed E-state index contributed by atoms with van der Waals surface area (Å²) in [6, 6.07) is 0. The fourth-order valence-electron chi connectivity index (χ4n) is 1.31. The summed E-state index contributed by atoms with van der Waals surface area (Å²) in [6.07, 6.45) is 5.12. The van der Waals surface area contributed by atoms with Gasteiger partial charge in [-0.15, -0.1) is 0 Å². The molecular formula is C9H15NO2. The van der Waals surface area contributed by atoms with Gasteiger partial charge in [-0.05, 0) is 19.3 Å². The first-order valence-corrected chi connectivity index (χ1v) is 4.36. The Morgan fingerprint density at radius 1 is 1.33 bits per heavy atom. The second kappa shape index (κ2) is 4.14. The van der Waals surface area contributed by atoms with Crippen molar-refractivity contribution in [2.45, 2.75) is 26.2 Å². The lowest BCUT2D eigenvalue weighted by Crippen LogP contribution is -2.25. The number of likely N-dealkylation sites (tertiary alicyclic amines) is 1. The molecule has 0 spiro atoms. The van der Waals surface area contributed by atoms with E-state index >= 15 is 0 Å². The molecule has 0 aromatic rings. The van der Waals surface area contributed by atoms with Crippen molar-refractivity contribution in [1.29, 1.82) is 0 Å². The molecule has 0 radical (unpaired) electrons. The standard InChI is InChI=1S/C9H15NO2/c1-8(11)9(12)7-10-5-3-2-4-6-10/h7,12H,2-6H2,1H3/b9-7-. The van der Waals surface area contributed by atoms with Gasteiger partial charge >= 0.3 is 0 Å². The Kier molecular flexibility index (Phi) is 3.14. The number of ketones is 1. The van der Waals surface area contributed by atoms with Crippen molar-refractivity contribution in [2.75, 3.05) is 13.1 Å². The molecule has 0 bridgehead atoms. The van der Waals surface area contributed by atoms with Gasteiger partial charge in [0.25, 0.3) is 0 Å². The second-order valence-electron chi connectivity index (χ2n) is 3.17. The van der Waals surface area contributed by atoms with E-state index in [1.807, 2.05) is 4.90 Å². The molecule has 0 aromatic carbocycles. The number of hydrogen-bond acceptors (Lipinski definition) is 3. The summed E-state index contributed by atoms with van der Waals surface area (Å²) >= 11 is 0. The van der Waals surface area contributed by atoms with Gasteiger partial charge in [-0.1, -0.05) is 0 Å². The molecule has 0 aromatic heterocycles. The lowest BCUT2D eigenvalue weighted by atomic mass is 10.1. The first-order valence-electron chi connectivity index (χ1n) is 4.36. The van der Waals surface area contributed by atoms with Crippen molar-refractivity contribution >= 4 is 5.78 Å². The van der Waals surface area contributed by atoms with Crippen LogP contribution in [0.4, 0.5) is 0 Å². The third kappa shape index (κ3) is 2.57. The zero-order valence-electron chi connectivity index (χ0n) is 7.42. The smallest absolute Gasteiger partial charge is 0.195 e. The number of piperidine rings is 1. The van der Waals surface area contributed by atoms with E-state index in [1.165, 1.54) is 13.3 Å². The molecule has 0 saturated carbocycles. The highest BCUT2D eigenvalue weighted by Gasteiger charge is 2.08. The van der Waals surface area contributed by atoms with Gasteiger partial charge in [0.2, 0.25) is 0 Å². The Bertz CT molecular complexity index is 193. The number of hydrogen-bond donors (Lipinski definition) is 1. The van der Waals surface area contributed by atoms with Gasteiger partial charge in [-0.25, -0.2) is 0 Å². The fourth-order valence-corrected chi connectivity index (χ4v) is 1.31. The number of Topliss-reactive ketones (excluding diaryl/α,β-unsaturated/α-hetero) is 1. The predicted molar refractivity (Wildman–Crippen MR) is 46.8 cm³/mol. The molecular weight excluding hydrogens is 154 g/mol. The van der Waals surface area contributed by atoms with Crippen LogP contribution in [0.1, 0.15) is 26.2 Å². The second-order valence-corrected chi connectivity index (χ2v) is 3.17. The zero-order valence-corrected chi connectivity index (χ0v) is 7.42. The van der Waals surface area contributed by atoms with Crippen molar-refractivity contribution in [3.8, 4) is 0 Å². The van der Waals surface area contributed by atoms with E-state index in [4.69, 9.17) is 5.11 Å². The number of aliphatic hydroxyl groups excluding tert-OH is 1. The minimum absolute atomic E-state index is 0.128. The first kappa shape index (κ1) is 9.10. The Labute approximate surface area is 72.7 Å². The summed E-state index contributed by atoms with van der Waals surface area (Å²) in [5, 5.41) is 9.15. The Morgan fingerprint density at radius 3 is 2.42 bits per heavy atom. The van der Waals surface area contributed by atoms with Gasteiger partial charge in [0, 0.05) is 26.2 Å². The Morgan fingerprint density at radius 2 is 1.92 bits per heavy atom. The summed E-state index contributed by atoms with van der Waals surface area (Å²) in [4.78, 5) is 12.7. The maximum absolute atomic E-state index is 10.7. The number of aliphatic hydroxyl groups is 1. The molecule has 68 valence electrons. The summed E-state index contributed by atoms with van der Waals surface area (Å²) < 4.78 is 0. The molecule has 1 aliphatic rings. The van der Waals surface area contributed by atoms with E-state index in [1.54, 1.807) is 6.20 Å². The summed E-state index contributed by atoms with van der Waals surface area (Å²) in [7, 11) is 0. The molecule has 0 atom stereocenters. The molecule has 1 heterocycles. The van der Waals surface area contributed by atoms with Crippen LogP contribution in [-0.4, -0.2) is 28.9 Å². The maximum Gasteiger partial charge on any atom is 0.195 e. The number of carbonyl (C=O) groups excluding carboxylic acids is 1. The van der Waals surface area contributed by atoms with Crippen LogP contribution in [0.25, 0.3) is 0 Å². The zero-order chi connectivity index (χ0) is 8.97. The minimum atomic E-state index is -0.263. The molecule has 0 aliphatic carbocycles. The first-order chi connectivity index (χ1) is 5.70. The van der Waals surface area contributed by atoms with Gasteiger partial charge < -0.3 is 10.0 Å². The van der Waals surface area contributed by atoms with Crippen molar-refractivity contribution in [1.82, 2.24) is 4.90 Å². The van der Waals surface area contributed by atoms with E-state index in [9.17, 15) is 4.79 Å². The predicted octanol–water partition coefficient (Wildman–Crippen LogP) is 1.46. The average molecular weight is 169 g/mol. The Hall–Kier alpha value is -0.990. The molecule has 1 fully saturated rings. The van der Waals surface area contributed by atoms with E-state index in [0.29, 0.717) is 0 Å². The number of carbonyl (C=O) groups is 1. The van der Waals surface area contributed by atoms with Crippen molar-refractivity contribution < 1.29 is 9.90 Å². The lowest BCUT2D eigenvalue weighted by Gasteiger charge is -2.24. The van der Waals surface area contributed by atoms with Crippen molar-refractivity contribution in [3.63, 3.8) is 0 Å². The molecule has 1 saturated heterocycles. The monoisotopic (exact) mass is 169 g/mol. The van der Waals surface area contributed by atoms with Gasteiger partial charge in [0.1, 0.15) is 0 Å². The van der Waals surface area contributed by atoms with E-state index in [2.05, 4.69) is 0 Å². The van der Waals surface area contributed by atoms with Gasteiger partial charge in [-0.2, -0.15) is 0 Å². The number of allylic oxidation sites excluding steroid dienone is 1. The third-order valence-electron chi connectivity index (χ3n) is 2.06. The van der Waals surface area contributed by atoms with Gasteiger partial charge in [0.05, 0.1) is 0 Å². The number of rotatable bonds is 2. The molecule has 1 rings (SSSR count). The third-order valence-corrected chi connectivity index (χ3v) is 2.06. The highest BCUT2D eigenvalue weighted by molar-refractivity contribution is 5.90. The number of nitrogens with zero attached hydrogens (tertiary/aromatic N) is 1. The molecule has 3 nitrogen and oxygen atoms in total. The average Bonchev–Trinajstić information content (AvgIpc) is 2.06. The minimum Gasteiger partial charge on any atom is -0.503 e. The topological polar surface area (TPSA) is 40.5 Å². The quantitative estimate of drug-likeness (QED) is 0.502. The molecule has 0 amide bonds. The van der Waals surface area contributed by atoms with E-state index in [-0.39, 0.29) is 11.5 Å². The maximum atomic E-state index is 10.7. The van der Waals surface area contributed by atoms with Crippen molar-refractivity contribution in [2.24, 2.45) is 0 Å². The summed E-state index contributed by atoms with van der Waals surface area (Å²) in [5.74, 6) is -0.391. The Balaban J connectivity index is 2.47. The largest absolute Gasteiger partial charge is 0.503 e. The van der Waals surface area contributed by atoms with Crippen LogP contribution in [0.15, 0.2) is 12.0 Å². The molecule has 12 heavy (non-hydrogen) atoms. The van der Waals surface area contributed by atoms with Crippen LogP contribution in [0, 0.1) is 0 Å². The highest BCUT2D eigenvalue weighted by Crippen LogP contribution is 2.09. The summed E-state index contributed by atoms with van der Waals surface area (Å²) in [5.41, 5.74) is 0. The van der Waals surface area contributed by atoms with Crippen LogP contribution in [0.3, 0.4) is 0 Å². The van der Waals surface area contributed by atoms with Crippen molar-refractivity contribution in [3.05, 3.63) is 12.0 Å². The molecule has 1 N–H and O–H groups in total. The van der Waals surface area contributed by atoms with E-state index < -0.39 is 0 Å². The lowest BCUT2D eigenvalue weighted by molar-refractivity contribution is -0.116. The van der Waals surface area contributed by atoms with Gasteiger partial charge in [-0.3, -0.25) is 4.79 Å². The van der Waals surface area contributed by atoms with Crippen LogP contribution in [-0.2, 0) is 4.79 Å². The van der Waals surface area contributed by atoms with E-state index in [0.717, 1.165) is 25.9 Å². The molecule has 1 aliphatic heterocycles. The molecule has 3 heteroatoms. The van der Waals surface area contributed by atoms with Gasteiger partial charge in [0.15, 0.2) is 11.5 Å². The SMILES string of the molecule is CC(=O)/C(O)=C/N1CCCCC1. The summed E-state index contributed by atoms with van der Waals surface area (Å²) in [6.45, 7) is 3.28. The normalized spacial score (nSPS) is 19.4. The van der Waals surface area contributed by atoms with Crippen LogP contribution >= 0.6 is 0 Å².